The summed E-state index contributed by atoms with van der Waals surface area (Å²) in [4.78, 5) is 12.1. The molecule has 0 fully saturated rings. The van der Waals surface area contributed by atoms with Crippen molar-refractivity contribution in [2.75, 3.05) is 6.61 Å². The molecule has 20 heavy (non-hydrogen) atoms. The Morgan fingerprint density at radius 3 is 2.60 bits per heavy atom. The minimum Gasteiger partial charge on any atom is -0.485 e. The van der Waals surface area contributed by atoms with E-state index in [-0.39, 0.29) is 18.2 Å². The monoisotopic (exact) mass is 336 g/mol. The lowest BCUT2D eigenvalue weighted by molar-refractivity contribution is 0.0921. The maximum atomic E-state index is 13.1. The van der Waals surface area contributed by atoms with Gasteiger partial charge in [-0.05, 0) is 53.5 Å². The van der Waals surface area contributed by atoms with E-state index in [1.165, 1.54) is 18.2 Å². The van der Waals surface area contributed by atoms with E-state index in [4.69, 9.17) is 4.74 Å². The summed E-state index contributed by atoms with van der Waals surface area (Å²) in [5, 5.41) is 0. The van der Waals surface area contributed by atoms with Gasteiger partial charge in [-0.1, -0.05) is 23.8 Å². The number of benzene rings is 2. The molecule has 0 saturated carbocycles. The van der Waals surface area contributed by atoms with Gasteiger partial charge in [0.05, 0.1) is 4.47 Å². The number of hydrogen-bond acceptors (Lipinski definition) is 2. The van der Waals surface area contributed by atoms with Crippen molar-refractivity contribution in [3.8, 4) is 5.75 Å². The molecule has 0 aliphatic heterocycles. The predicted octanol–water partition coefficient (Wildman–Crippen LogP) is 4.47. The van der Waals surface area contributed by atoms with Crippen LogP contribution in [0.5, 0.6) is 5.75 Å². The lowest BCUT2D eigenvalue weighted by atomic mass is 10.0. The van der Waals surface area contributed by atoms with Gasteiger partial charge >= 0.3 is 0 Å². The minimum absolute atomic E-state index is 0.0675. The van der Waals surface area contributed by atoms with Crippen molar-refractivity contribution in [3.63, 3.8) is 0 Å². The van der Waals surface area contributed by atoms with Crippen LogP contribution >= 0.6 is 15.9 Å². The average Bonchev–Trinajstić information content (AvgIpc) is 2.40. The quantitative estimate of drug-likeness (QED) is 0.770. The highest BCUT2D eigenvalue weighted by molar-refractivity contribution is 9.10. The minimum atomic E-state index is -0.363. The fourth-order valence-corrected chi connectivity index (χ4v) is 2.28. The summed E-state index contributed by atoms with van der Waals surface area (Å²) in [7, 11) is 0. The lowest BCUT2D eigenvalue weighted by Gasteiger charge is -2.08. The van der Waals surface area contributed by atoms with Crippen LogP contribution in [0.3, 0.4) is 0 Å². The number of carbonyl (C=O) groups is 1. The maximum absolute atomic E-state index is 13.1. The van der Waals surface area contributed by atoms with E-state index >= 15 is 0 Å². The van der Waals surface area contributed by atoms with Gasteiger partial charge in [0.2, 0.25) is 0 Å². The van der Waals surface area contributed by atoms with Gasteiger partial charge in [0.15, 0.2) is 12.4 Å². The number of ether oxygens (including phenoxy) is 1. The molecule has 2 aromatic rings. The first-order valence-electron chi connectivity index (χ1n) is 6.15. The first-order chi connectivity index (χ1) is 9.47. The number of rotatable bonds is 4. The van der Waals surface area contributed by atoms with E-state index in [9.17, 15) is 9.18 Å². The number of aryl methyl sites for hydroxylation is 2. The van der Waals surface area contributed by atoms with Crippen LogP contribution in [0.1, 0.15) is 21.5 Å². The van der Waals surface area contributed by atoms with Crippen molar-refractivity contribution >= 4 is 21.7 Å². The van der Waals surface area contributed by atoms with Gasteiger partial charge in [0.1, 0.15) is 11.6 Å². The Morgan fingerprint density at radius 1 is 1.20 bits per heavy atom. The molecular formula is C16H14BrFO2. The molecule has 0 spiro atoms. The summed E-state index contributed by atoms with van der Waals surface area (Å²) >= 11 is 3.08. The molecule has 4 heteroatoms. The van der Waals surface area contributed by atoms with Crippen LogP contribution in [-0.2, 0) is 0 Å². The van der Waals surface area contributed by atoms with Gasteiger partial charge in [-0.3, -0.25) is 4.79 Å². The Morgan fingerprint density at radius 2 is 1.95 bits per heavy atom. The zero-order valence-corrected chi connectivity index (χ0v) is 12.8. The van der Waals surface area contributed by atoms with Crippen molar-refractivity contribution in [2.24, 2.45) is 0 Å². The Bertz CT molecular complexity index is 653. The fourth-order valence-electron chi connectivity index (χ4n) is 1.92. The van der Waals surface area contributed by atoms with E-state index < -0.39 is 0 Å². The third-order valence-corrected chi connectivity index (χ3v) is 3.55. The summed E-state index contributed by atoms with van der Waals surface area (Å²) in [6, 6.07) is 9.95. The molecule has 0 radical (unpaired) electrons. The molecule has 0 N–H and O–H groups in total. The second-order valence-corrected chi connectivity index (χ2v) is 5.46. The summed E-state index contributed by atoms with van der Waals surface area (Å²) in [6.45, 7) is 3.81. The second kappa shape index (κ2) is 6.18. The molecule has 0 saturated heterocycles. The molecule has 2 nitrogen and oxygen atoms in total. The van der Waals surface area contributed by atoms with E-state index in [0.717, 1.165) is 11.1 Å². The average molecular weight is 337 g/mol. The highest BCUT2D eigenvalue weighted by atomic mass is 79.9. The summed E-state index contributed by atoms with van der Waals surface area (Å²) in [5.74, 6) is -0.00241. The van der Waals surface area contributed by atoms with Crippen molar-refractivity contribution in [1.82, 2.24) is 0 Å². The smallest absolute Gasteiger partial charge is 0.200 e. The van der Waals surface area contributed by atoms with E-state index in [1.54, 1.807) is 6.07 Å². The number of halogens is 2. The summed E-state index contributed by atoms with van der Waals surface area (Å²) in [5.41, 5.74) is 2.69. The molecule has 0 bridgehead atoms. The normalized spacial score (nSPS) is 10.4. The highest BCUT2D eigenvalue weighted by Gasteiger charge is 2.10. The van der Waals surface area contributed by atoms with Crippen molar-refractivity contribution in [2.45, 2.75) is 13.8 Å². The predicted molar refractivity (Wildman–Crippen MR) is 79.8 cm³/mol. The first kappa shape index (κ1) is 14.7. The Hall–Kier alpha value is -1.68. The molecule has 0 unspecified atom stereocenters. The molecule has 2 aromatic carbocycles. The molecule has 0 aromatic heterocycles. The van der Waals surface area contributed by atoms with Crippen LogP contribution in [0.4, 0.5) is 4.39 Å². The molecule has 0 amide bonds. The van der Waals surface area contributed by atoms with Gasteiger partial charge in [0.25, 0.3) is 0 Å². The van der Waals surface area contributed by atoms with Gasteiger partial charge < -0.3 is 4.74 Å². The van der Waals surface area contributed by atoms with Gasteiger partial charge in [0, 0.05) is 5.56 Å². The Labute approximate surface area is 125 Å². The Balaban J connectivity index is 2.06. The highest BCUT2D eigenvalue weighted by Crippen LogP contribution is 2.22. The number of carbonyl (C=O) groups excluding carboxylic acids is 1. The molecule has 0 aliphatic carbocycles. The van der Waals surface area contributed by atoms with Gasteiger partial charge in [-0.2, -0.15) is 0 Å². The Kier molecular flexibility index (Phi) is 4.55. The SMILES string of the molecule is Cc1ccc(C(=O)COc2ccc(F)c(Br)c2)c(C)c1. The number of ketones is 1. The van der Waals surface area contributed by atoms with Crippen LogP contribution in [0.15, 0.2) is 40.9 Å². The second-order valence-electron chi connectivity index (χ2n) is 4.61. The zero-order valence-electron chi connectivity index (χ0n) is 11.2. The van der Waals surface area contributed by atoms with Crippen LogP contribution in [0.25, 0.3) is 0 Å². The van der Waals surface area contributed by atoms with E-state index in [2.05, 4.69) is 15.9 Å². The third kappa shape index (κ3) is 3.45. The van der Waals surface area contributed by atoms with E-state index in [1.807, 2.05) is 26.0 Å². The lowest BCUT2D eigenvalue weighted by Crippen LogP contribution is -2.13. The van der Waals surface area contributed by atoms with Gasteiger partial charge in [-0.15, -0.1) is 0 Å². The van der Waals surface area contributed by atoms with Gasteiger partial charge in [-0.25, -0.2) is 4.39 Å². The third-order valence-electron chi connectivity index (χ3n) is 2.94. The maximum Gasteiger partial charge on any atom is 0.200 e. The molecule has 0 aliphatic rings. The molecule has 104 valence electrons. The summed E-state index contributed by atoms with van der Waals surface area (Å²) < 4.78 is 18.8. The summed E-state index contributed by atoms with van der Waals surface area (Å²) in [6.07, 6.45) is 0. The zero-order chi connectivity index (χ0) is 14.7. The van der Waals surface area contributed by atoms with Crippen molar-refractivity contribution in [1.29, 1.82) is 0 Å². The van der Waals surface area contributed by atoms with E-state index in [0.29, 0.717) is 15.8 Å². The molecule has 0 heterocycles. The largest absolute Gasteiger partial charge is 0.485 e. The fraction of sp³-hybridized carbons (Fsp3) is 0.188. The van der Waals surface area contributed by atoms with Crippen LogP contribution in [0.2, 0.25) is 0 Å². The van der Waals surface area contributed by atoms with Crippen molar-refractivity contribution < 1.29 is 13.9 Å². The first-order valence-corrected chi connectivity index (χ1v) is 6.95. The molecule has 2 rings (SSSR count). The number of Topliss-reactive ketones (excluding diaryl/α,β-unsaturated/α-hetero) is 1. The molecular weight excluding hydrogens is 323 g/mol. The molecule has 0 atom stereocenters. The standard InChI is InChI=1S/C16H14BrFO2/c1-10-3-5-13(11(2)7-10)16(19)9-20-12-4-6-15(18)14(17)8-12/h3-8H,9H2,1-2H3. The van der Waals surface area contributed by atoms with Crippen LogP contribution < -0.4 is 4.74 Å². The topological polar surface area (TPSA) is 26.3 Å². The van der Waals surface area contributed by atoms with Crippen LogP contribution in [-0.4, -0.2) is 12.4 Å². The van der Waals surface area contributed by atoms with Crippen LogP contribution in [0, 0.1) is 19.7 Å². The number of hydrogen-bond donors (Lipinski definition) is 0. The van der Waals surface area contributed by atoms with Crippen molar-refractivity contribution in [3.05, 3.63) is 63.4 Å².